The van der Waals surface area contributed by atoms with Crippen molar-refractivity contribution < 1.29 is 28.8 Å². The number of hydrogen-bond donors (Lipinski definition) is 1. The molecule has 1 fully saturated rings. The zero-order chi connectivity index (χ0) is 21.1. The number of fused-ring (bicyclic) bond motifs is 1. The van der Waals surface area contributed by atoms with Crippen LogP contribution in [0.25, 0.3) is 0 Å². The van der Waals surface area contributed by atoms with Gasteiger partial charge in [-0.3, -0.25) is 9.69 Å². The summed E-state index contributed by atoms with van der Waals surface area (Å²) in [6.07, 6.45) is 0. The number of rotatable bonds is 8. The van der Waals surface area contributed by atoms with Gasteiger partial charge in [0.1, 0.15) is 5.75 Å². The lowest BCUT2D eigenvalue weighted by molar-refractivity contribution is -0.143. The average molecular weight is 413 g/mol. The van der Waals surface area contributed by atoms with E-state index in [1.807, 2.05) is 49.4 Å². The van der Waals surface area contributed by atoms with Gasteiger partial charge in [-0.1, -0.05) is 18.2 Å². The third kappa shape index (κ3) is 3.95. The molecule has 0 spiro atoms. The number of ether oxygens (including phenoxy) is 4. The van der Waals surface area contributed by atoms with Crippen LogP contribution in [0.15, 0.2) is 42.5 Å². The summed E-state index contributed by atoms with van der Waals surface area (Å²) in [4.78, 5) is 14.7. The minimum Gasteiger partial charge on any atom is -0.497 e. The molecule has 7 nitrogen and oxygen atoms in total. The maximum atomic E-state index is 12.5. The third-order valence-electron chi connectivity index (χ3n) is 5.89. The molecule has 2 aliphatic heterocycles. The molecule has 160 valence electrons. The molecular formula is C23H27NO6. The molecule has 0 radical (unpaired) electrons. The molecular weight excluding hydrogens is 386 g/mol. The summed E-state index contributed by atoms with van der Waals surface area (Å²) in [6.45, 7) is 4.63. The van der Waals surface area contributed by atoms with Gasteiger partial charge < -0.3 is 24.1 Å². The molecule has 0 aromatic heterocycles. The number of carboxylic acids is 1. The van der Waals surface area contributed by atoms with E-state index in [4.69, 9.17) is 18.9 Å². The summed E-state index contributed by atoms with van der Waals surface area (Å²) in [5.74, 6) is 0.536. The van der Waals surface area contributed by atoms with Gasteiger partial charge in [-0.05, 0) is 42.3 Å². The molecule has 3 atom stereocenters. The van der Waals surface area contributed by atoms with Crippen molar-refractivity contribution in [2.75, 3.05) is 40.2 Å². The number of carboxylic acid groups (broad SMARTS) is 1. The number of aliphatic carboxylic acids is 1. The van der Waals surface area contributed by atoms with Gasteiger partial charge in [0.15, 0.2) is 11.5 Å². The molecule has 2 aliphatic rings. The Labute approximate surface area is 176 Å². The second kappa shape index (κ2) is 8.93. The largest absolute Gasteiger partial charge is 0.497 e. The highest BCUT2D eigenvalue weighted by atomic mass is 16.7. The van der Waals surface area contributed by atoms with Crippen molar-refractivity contribution in [1.82, 2.24) is 4.90 Å². The summed E-state index contributed by atoms with van der Waals surface area (Å²) in [5, 5.41) is 10.2. The normalized spacial score (nSPS) is 22.9. The first-order valence-corrected chi connectivity index (χ1v) is 10.2. The quantitative estimate of drug-likeness (QED) is 0.666. The first kappa shape index (κ1) is 20.5. The smallest absolute Gasteiger partial charge is 0.309 e. The lowest BCUT2D eigenvalue weighted by Crippen LogP contribution is -2.31. The Hall–Kier alpha value is -2.77. The van der Waals surface area contributed by atoms with E-state index in [0.29, 0.717) is 37.8 Å². The fraction of sp³-hybridized carbons (Fsp3) is 0.435. The number of nitrogens with zero attached hydrogens (tertiary/aromatic N) is 1. The molecule has 7 heteroatoms. The van der Waals surface area contributed by atoms with E-state index in [-0.39, 0.29) is 18.8 Å². The van der Waals surface area contributed by atoms with Gasteiger partial charge in [-0.2, -0.15) is 0 Å². The molecule has 30 heavy (non-hydrogen) atoms. The standard InChI is InChI=1S/C23H27NO6/c1-3-28-11-10-24-13-18(16-6-9-19-20(12-16)30-14-29-19)21(23(25)26)22(24)15-4-7-17(27-2)8-5-15/h4-9,12,18,21-22H,3,10-11,13-14H2,1-2H3,(H,25,26)/t18-,21+,22-/m1/s1. The van der Waals surface area contributed by atoms with E-state index in [1.165, 1.54) is 0 Å². The van der Waals surface area contributed by atoms with Crippen molar-refractivity contribution in [2.24, 2.45) is 5.92 Å². The Morgan fingerprint density at radius 2 is 1.87 bits per heavy atom. The number of methoxy groups -OCH3 is 1. The van der Waals surface area contributed by atoms with Crippen molar-refractivity contribution in [3.05, 3.63) is 53.6 Å². The first-order valence-electron chi connectivity index (χ1n) is 10.2. The van der Waals surface area contributed by atoms with E-state index in [1.54, 1.807) is 7.11 Å². The van der Waals surface area contributed by atoms with Crippen LogP contribution in [0.5, 0.6) is 17.2 Å². The topological polar surface area (TPSA) is 77.5 Å². The van der Waals surface area contributed by atoms with Crippen LogP contribution in [0.4, 0.5) is 0 Å². The maximum Gasteiger partial charge on any atom is 0.309 e. The highest BCUT2D eigenvalue weighted by Crippen LogP contribution is 2.47. The van der Waals surface area contributed by atoms with Crippen LogP contribution in [-0.4, -0.2) is 56.2 Å². The fourth-order valence-corrected chi connectivity index (χ4v) is 4.47. The van der Waals surface area contributed by atoms with Gasteiger partial charge in [0.25, 0.3) is 0 Å². The lowest BCUT2D eigenvalue weighted by atomic mass is 9.82. The van der Waals surface area contributed by atoms with E-state index >= 15 is 0 Å². The van der Waals surface area contributed by atoms with Crippen molar-refractivity contribution in [3.8, 4) is 17.2 Å². The van der Waals surface area contributed by atoms with Crippen LogP contribution in [-0.2, 0) is 9.53 Å². The molecule has 2 heterocycles. The fourth-order valence-electron chi connectivity index (χ4n) is 4.47. The van der Waals surface area contributed by atoms with Crippen molar-refractivity contribution >= 4 is 5.97 Å². The third-order valence-corrected chi connectivity index (χ3v) is 5.89. The van der Waals surface area contributed by atoms with E-state index < -0.39 is 11.9 Å². The second-order valence-electron chi connectivity index (χ2n) is 7.49. The molecule has 1 N–H and O–H groups in total. The van der Waals surface area contributed by atoms with Crippen molar-refractivity contribution in [1.29, 1.82) is 0 Å². The molecule has 2 aromatic carbocycles. The van der Waals surface area contributed by atoms with Gasteiger partial charge in [-0.25, -0.2) is 0 Å². The molecule has 4 rings (SSSR count). The van der Waals surface area contributed by atoms with Gasteiger partial charge in [0.05, 0.1) is 19.6 Å². The molecule has 1 saturated heterocycles. The van der Waals surface area contributed by atoms with Gasteiger partial charge in [0, 0.05) is 31.7 Å². The number of carbonyl (C=O) groups is 1. The van der Waals surface area contributed by atoms with Gasteiger partial charge >= 0.3 is 5.97 Å². The van der Waals surface area contributed by atoms with E-state index in [0.717, 1.165) is 16.9 Å². The van der Waals surface area contributed by atoms with Crippen LogP contribution in [0.3, 0.4) is 0 Å². The summed E-state index contributed by atoms with van der Waals surface area (Å²) < 4.78 is 21.8. The summed E-state index contributed by atoms with van der Waals surface area (Å²) in [6, 6.07) is 13.1. The van der Waals surface area contributed by atoms with Crippen molar-refractivity contribution in [2.45, 2.75) is 18.9 Å². The van der Waals surface area contributed by atoms with Gasteiger partial charge in [-0.15, -0.1) is 0 Å². The highest BCUT2D eigenvalue weighted by Gasteiger charge is 2.47. The molecule has 0 aliphatic carbocycles. The van der Waals surface area contributed by atoms with Gasteiger partial charge in [0.2, 0.25) is 6.79 Å². The Kier molecular flexibility index (Phi) is 6.11. The molecule has 0 unspecified atom stereocenters. The Bertz CT molecular complexity index is 884. The van der Waals surface area contributed by atoms with E-state index in [9.17, 15) is 9.90 Å². The average Bonchev–Trinajstić information content (AvgIpc) is 3.38. The lowest BCUT2D eigenvalue weighted by Gasteiger charge is -2.27. The SMILES string of the molecule is CCOCCN1C[C@H](c2ccc3c(c2)OCO3)[C@H](C(=O)O)[C@H]1c1ccc(OC)cc1. The van der Waals surface area contributed by atoms with Crippen LogP contribution in [0.1, 0.15) is 30.0 Å². The molecule has 0 bridgehead atoms. The monoisotopic (exact) mass is 413 g/mol. The van der Waals surface area contributed by atoms with Crippen LogP contribution in [0.2, 0.25) is 0 Å². The minimum absolute atomic E-state index is 0.175. The first-order chi connectivity index (χ1) is 14.6. The van der Waals surface area contributed by atoms with Crippen LogP contribution < -0.4 is 14.2 Å². The Balaban J connectivity index is 1.69. The minimum atomic E-state index is -0.808. The Morgan fingerprint density at radius 1 is 1.13 bits per heavy atom. The summed E-state index contributed by atoms with van der Waals surface area (Å²) in [5.41, 5.74) is 1.91. The maximum absolute atomic E-state index is 12.5. The Morgan fingerprint density at radius 3 is 2.57 bits per heavy atom. The zero-order valence-electron chi connectivity index (χ0n) is 17.2. The predicted octanol–water partition coefficient (Wildman–Crippen LogP) is 3.30. The number of hydrogen-bond acceptors (Lipinski definition) is 6. The van der Waals surface area contributed by atoms with Crippen LogP contribution in [0, 0.1) is 5.92 Å². The van der Waals surface area contributed by atoms with E-state index in [2.05, 4.69) is 4.90 Å². The zero-order valence-corrected chi connectivity index (χ0v) is 17.2. The highest BCUT2D eigenvalue weighted by molar-refractivity contribution is 5.74. The molecule has 0 amide bonds. The van der Waals surface area contributed by atoms with Crippen molar-refractivity contribution in [3.63, 3.8) is 0 Å². The molecule has 2 aromatic rings. The summed E-state index contributed by atoms with van der Waals surface area (Å²) >= 11 is 0. The predicted molar refractivity (Wildman–Crippen MR) is 110 cm³/mol. The number of likely N-dealkylation sites (tertiary alicyclic amines) is 1. The summed E-state index contributed by atoms with van der Waals surface area (Å²) in [7, 11) is 1.62. The molecule has 0 saturated carbocycles. The van der Waals surface area contributed by atoms with Crippen LogP contribution >= 0.6 is 0 Å². The second-order valence-corrected chi connectivity index (χ2v) is 7.49. The number of benzene rings is 2.